The van der Waals surface area contributed by atoms with Crippen LogP contribution in [-0.4, -0.2) is 137 Å². The van der Waals surface area contributed by atoms with Gasteiger partial charge in [-0.3, -0.25) is 27.4 Å². The van der Waals surface area contributed by atoms with Crippen molar-refractivity contribution in [1.82, 2.24) is 0 Å². The van der Waals surface area contributed by atoms with Crippen molar-refractivity contribution in [3.63, 3.8) is 0 Å². The predicted molar refractivity (Wildman–Crippen MR) is 142 cm³/mol. The molecule has 0 aromatic rings. The zero-order chi connectivity index (χ0) is 39.7. The molecular weight excluding hydrogens is 798 g/mol. The van der Waals surface area contributed by atoms with Crippen molar-refractivity contribution >= 4 is 46.9 Å². The summed E-state index contributed by atoms with van der Waals surface area (Å²) >= 11 is 0. The van der Waals surface area contributed by atoms with Crippen LogP contribution in [0.2, 0.25) is 0 Å². The Kier molecular flexibility index (Phi) is 43.5. The van der Waals surface area contributed by atoms with Crippen molar-refractivity contribution in [2.45, 2.75) is 0 Å². The van der Waals surface area contributed by atoms with E-state index in [1.54, 1.807) is 0 Å². The molecule has 1 saturated heterocycles. The van der Waals surface area contributed by atoms with Crippen molar-refractivity contribution in [3.8, 4) is 0 Å². The van der Waals surface area contributed by atoms with Gasteiger partial charge in [-0.25, -0.2) is 0 Å². The van der Waals surface area contributed by atoms with Crippen molar-refractivity contribution < 1.29 is 147 Å². The molecule has 36 heteroatoms. The molecule has 24 N–H and O–H groups in total. The lowest BCUT2D eigenvalue weighted by Gasteiger charge is -2.04. The maximum atomic E-state index is 8.77. The average molecular weight is 846 g/mol. The van der Waals surface area contributed by atoms with Crippen LogP contribution in [0.4, 0.5) is 0 Å². The van der Waals surface area contributed by atoms with Crippen LogP contribution in [0.3, 0.4) is 0 Å². The Labute approximate surface area is 273 Å². The first-order valence-electron chi connectivity index (χ1n) is 12.5. The summed E-state index contributed by atoms with van der Waals surface area (Å²) < 4.78 is 52.6. The summed E-state index contributed by atoms with van der Waals surface area (Å²) in [6, 6.07) is 0. The molecule has 0 amide bonds. The quantitative estimate of drug-likeness (QED) is 0.101. The number of phosphoric acid groups is 6. The van der Waals surface area contributed by atoms with Crippen molar-refractivity contribution in [3.05, 3.63) is 0 Å². The fraction of sp³-hybridized carbons (Fsp3) is 1.00. The minimum atomic E-state index is -4.89. The van der Waals surface area contributed by atoms with Crippen LogP contribution < -0.4 is 61.3 Å². The molecule has 1 rings (SSSR count). The molecule has 1 aliphatic rings. The SMILES string of the molecule is C1C[NH2+]CC[NH2+]CC[NH2+]CC[NH2+]CC[NH2+]CC[NH2+]1.O=P([O-])(O)O.O=P([O-])(O)O.O=P([O-])(O)O.O=P([O-])(O)O.O=P([O-])(O)O.O=P([O-])(O)O. The summed E-state index contributed by atoms with van der Waals surface area (Å²) in [7, 11) is -29.3. The molecule has 0 unspecified atom stereocenters. The first-order valence-corrected chi connectivity index (χ1v) is 21.7. The Bertz CT molecular complexity index is 713. The minimum Gasteiger partial charge on any atom is -0.756 e. The van der Waals surface area contributed by atoms with Crippen LogP contribution in [0.25, 0.3) is 0 Å². The molecule has 1 fully saturated rings. The molecule has 0 saturated carbocycles. The summed E-state index contributed by atoms with van der Waals surface area (Å²) in [6.07, 6.45) is 0. The van der Waals surface area contributed by atoms with Gasteiger partial charge < -0.3 is 120 Å². The minimum absolute atomic E-state index is 1.27. The van der Waals surface area contributed by atoms with Crippen molar-refractivity contribution in [2.75, 3.05) is 78.5 Å². The lowest BCUT2D eigenvalue weighted by Crippen LogP contribution is -3.04. The van der Waals surface area contributed by atoms with Gasteiger partial charge in [0.1, 0.15) is 78.5 Å². The summed E-state index contributed by atoms with van der Waals surface area (Å²) in [5, 5.41) is 14.7. The van der Waals surface area contributed by atoms with Gasteiger partial charge in [0, 0.05) is 0 Å². The monoisotopic (exact) mass is 846 g/mol. The third-order valence-corrected chi connectivity index (χ3v) is 3.45. The lowest BCUT2D eigenvalue weighted by atomic mass is 10.4. The Hall–Kier alpha value is 0.420. The van der Waals surface area contributed by atoms with Gasteiger partial charge in [0.15, 0.2) is 0 Å². The molecule has 0 radical (unpaired) electrons. The first-order chi connectivity index (χ1) is 21.0. The Morgan fingerprint density at radius 3 is 0.333 bits per heavy atom. The maximum Gasteiger partial charge on any atom is 0.262 e. The zero-order valence-electron chi connectivity index (χ0n) is 24.9. The Morgan fingerprint density at radius 2 is 0.292 bits per heavy atom. The van der Waals surface area contributed by atoms with Gasteiger partial charge in [0.05, 0.1) is 0 Å². The molecule has 48 heavy (non-hydrogen) atoms. The molecule has 0 aromatic heterocycles. The van der Waals surface area contributed by atoms with Crippen LogP contribution in [0.15, 0.2) is 0 Å². The van der Waals surface area contributed by atoms with E-state index in [0.29, 0.717) is 0 Å². The third kappa shape index (κ3) is 282. The molecular formula is C12H48N6O24P6. The number of rotatable bonds is 0. The molecule has 1 heterocycles. The van der Waals surface area contributed by atoms with Crippen LogP contribution in [0.1, 0.15) is 0 Å². The standard InChI is InChI=1S/C12H30N6.6H3O4P/c1-2-14-5-6-16-9-10-18-12-11-17-8-7-15-4-3-13-1;6*1-5(2,3)4/h13-18H,1-12H2;6*(H3,1,2,3,4). The number of hydrogen-bond acceptors (Lipinski definition) is 12. The molecule has 300 valence electrons. The van der Waals surface area contributed by atoms with E-state index in [1.807, 2.05) is 0 Å². The van der Waals surface area contributed by atoms with Gasteiger partial charge >= 0.3 is 0 Å². The highest BCUT2D eigenvalue weighted by molar-refractivity contribution is 7.44. The smallest absolute Gasteiger partial charge is 0.262 e. The zero-order valence-corrected chi connectivity index (χ0v) is 30.3. The number of hydrogen-bond donors (Lipinski definition) is 18. The molecule has 30 nitrogen and oxygen atoms in total. The predicted octanol–water partition coefficient (Wildman–Crippen LogP) is -18.0. The van der Waals surface area contributed by atoms with Gasteiger partial charge in [-0.15, -0.1) is 0 Å². The normalized spacial score (nSPS) is 16.4. The number of quaternary nitrogens is 6. The Morgan fingerprint density at radius 1 is 0.250 bits per heavy atom. The lowest BCUT2D eigenvalue weighted by molar-refractivity contribution is -0.787. The van der Waals surface area contributed by atoms with Gasteiger partial charge in [-0.2, -0.15) is 0 Å². The molecule has 0 bridgehead atoms. The van der Waals surface area contributed by atoms with Gasteiger partial charge in [-0.1, -0.05) is 0 Å². The maximum absolute atomic E-state index is 8.77. The topological polar surface area (TPSA) is 583 Å². The summed E-state index contributed by atoms with van der Waals surface area (Å²) in [6.45, 7) is 15.3. The average Bonchev–Trinajstić information content (AvgIpc) is 2.72. The molecule has 0 aliphatic carbocycles. The first kappa shape index (κ1) is 60.5. The number of nitrogens with two attached hydrogens (primary N) is 6. The second kappa shape index (κ2) is 34.5. The molecule has 0 spiro atoms. The second-order valence-corrected chi connectivity index (χ2v) is 14.0. The fourth-order valence-corrected chi connectivity index (χ4v) is 2.28. The van der Waals surface area contributed by atoms with Crippen molar-refractivity contribution in [2.24, 2.45) is 0 Å². The van der Waals surface area contributed by atoms with Gasteiger partial charge in [0.2, 0.25) is 0 Å². The highest BCUT2D eigenvalue weighted by atomic mass is 31.2. The van der Waals surface area contributed by atoms with E-state index < -0.39 is 46.9 Å². The van der Waals surface area contributed by atoms with E-state index in [2.05, 4.69) is 31.9 Å². The van der Waals surface area contributed by atoms with Crippen LogP contribution >= 0.6 is 46.9 Å². The molecule has 1 aliphatic heterocycles. The van der Waals surface area contributed by atoms with Crippen LogP contribution in [0, 0.1) is 0 Å². The highest BCUT2D eigenvalue weighted by Gasteiger charge is 2.00. The van der Waals surface area contributed by atoms with E-state index >= 15 is 0 Å². The van der Waals surface area contributed by atoms with Crippen LogP contribution in [0.5, 0.6) is 0 Å². The fourth-order valence-electron chi connectivity index (χ4n) is 2.28. The van der Waals surface area contributed by atoms with E-state index in [0.717, 1.165) is 0 Å². The van der Waals surface area contributed by atoms with Gasteiger partial charge in [0.25, 0.3) is 46.9 Å². The second-order valence-electron chi connectivity index (χ2n) is 8.14. The molecule has 0 atom stereocenters. The summed E-state index contributed by atoms with van der Waals surface area (Å²) in [5.74, 6) is 0. The van der Waals surface area contributed by atoms with Crippen molar-refractivity contribution in [1.29, 1.82) is 0 Å². The van der Waals surface area contributed by atoms with Crippen LogP contribution in [-0.2, 0) is 27.4 Å². The highest BCUT2D eigenvalue weighted by Crippen LogP contribution is 2.20. The summed E-state index contributed by atoms with van der Waals surface area (Å²) in [5.41, 5.74) is 0. The van der Waals surface area contributed by atoms with E-state index in [-0.39, 0.29) is 0 Å². The van der Waals surface area contributed by atoms with E-state index in [9.17, 15) is 0 Å². The third-order valence-electron chi connectivity index (χ3n) is 3.45. The largest absolute Gasteiger partial charge is 0.756 e. The molecule has 0 aromatic carbocycles. The Balaban J connectivity index is -0.000000122. The van der Waals surface area contributed by atoms with E-state index in [1.165, 1.54) is 78.5 Å². The summed E-state index contributed by atoms with van der Waals surface area (Å²) in [4.78, 5) is 138. The van der Waals surface area contributed by atoms with E-state index in [4.69, 9.17) is 115 Å². The van der Waals surface area contributed by atoms with Gasteiger partial charge in [-0.05, 0) is 0 Å².